The Balaban J connectivity index is 0.930. The minimum Gasteiger partial charge on any atom is -0.310 e. The van der Waals surface area contributed by atoms with E-state index in [0.717, 1.165) is 39.8 Å². The summed E-state index contributed by atoms with van der Waals surface area (Å²) >= 11 is 0. The summed E-state index contributed by atoms with van der Waals surface area (Å²) in [7, 11) is 0. The van der Waals surface area contributed by atoms with Gasteiger partial charge in [0.15, 0.2) is 0 Å². The Hall–Kier alpha value is -8.66. The van der Waals surface area contributed by atoms with Gasteiger partial charge in [-0.3, -0.25) is 0 Å². The fourth-order valence-corrected chi connectivity index (χ4v) is 11.5. The number of nitrogens with zero attached hydrogens (tertiary/aromatic N) is 3. The number of hydrogen-bond acceptors (Lipinski definition) is 2. The van der Waals surface area contributed by atoms with Crippen molar-refractivity contribution in [3.63, 3.8) is 0 Å². The molecular formula is C69H55N3. The van der Waals surface area contributed by atoms with E-state index in [9.17, 15) is 0 Å². The van der Waals surface area contributed by atoms with Gasteiger partial charge in [-0.25, -0.2) is 0 Å². The van der Waals surface area contributed by atoms with E-state index in [2.05, 4.69) is 292 Å². The molecule has 3 nitrogen and oxygen atoms in total. The normalized spacial score (nSPS) is 12.9. The van der Waals surface area contributed by atoms with Crippen molar-refractivity contribution >= 4 is 77.5 Å². The molecule has 0 saturated carbocycles. The predicted octanol–water partition coefficient (Wildman–Crippen LogP) is 19.3. The van der Waals surface area contributed by atoms with Crippen LogP contribution in [0.2, 0.25) is 0 Å². The van der Waals surface area contributed by atoms with Crippen molar-refractivity contribution in [2.75, 3.05) is 9.80 Å². The Bertz CT molecular complexity index is 4020. The molecule has 1 heterocycles. The Morgan fingerprint density at radius 1 is 0.361 bits per heavy atom. The molecule has 0 aliphatic heterocycles. The molecule has 1 aliphatic carbocycles. The van der Waals surface area contributed by atoms with Crippen LogP contribution in [0.15, 0.2) is 243 Å². The summed E-state index contributed by atoms with van der Waals surface area (Å²) in [4.78, 5) is 4.81. The smallest absolute Gasteiger partial charge is 0.0547 e. The lowest BCUT2D eigenvalue weighted by atomic mass is 9.82. The summed E-state index contributed by atoms with van der Waals surface area (Å²) in [6.07, 6.45) is 0. The third-order valence-electron chi connectivity index (χ3n) is 15.3. The number of rotatable bonds is 8. The van der Waals surface area contributed by atoms with Crippen molar-refractivity contribution in [2.45, 2.75) is 45.4 Å². The molecule has 0 spiro atoms. The Labute approximate surface area is 422 Å². The molecule has 0 saturated heterocycles. The minimum absolute atomic E-state index is 0.0539. The van der Waals surface area contributed by atoms with E-state index in [1.165, 1.54) is 82.3 Å². The van der Waals surface area contributed by atoms with E-state index in [1.807, 2.05) is 0 Å². The van der Waals surface area contributed by atoms with Gasteiger partial charge in [-0.15, -0.1) is 0 Å². The summed E-state index contributed by atoms with van der Waals surface area (Å²) in [5, 5.41) is 7.48. The Kier molecular flexibility index (Phi) is 10.1. The van der Waals surface area contributed by atoms with Crippen molar-refractivity contribution in [3.05, 3.63) is 259 Å². The van der Waals surface area contributed by atoms with Crippen molar-refractivity contribution in [3.8, 4) is 27.9 Å². The second kappa shape index (κ2) is 16.7. The molecule has 72 heavy (non-hydrogen) atoms. The van der Waals surface area contributed by atoms with Gasteiger partial charge in [0.1, 0.15) is 0 Å². The molecule has 11 aromatic carbocycles. The summed E-state index contributed by atoms with van der Waals surface area (Å²) in [6, 6.07) is 89.8. The van der Waals surface area contributed by atoms with Crippen LogP contribution in [0.5, 0.6) is 0 Å². The summed E-state index contributed by atoms with van der Waals surface area (Å²) in [5.74, 6) is 0. The quantitative estimate of drug-likeness (QED) is 0.150. The molecule has 0 bridgehead atoms. The van der Waals surface area contributed by atoms with Crippen LogP contribution >= 0.6 is 0 Å². The van der Waals surface area contributed by atoms with Crippen LogP contribution in [0, 0.1) is 0 Å². The molecule has 3 heteroatoms. The van der Waals surface area contributed by atoms with Gasteiger partial charge >= 0.3 is 0 Å². The molecule has 12 aromatic rings. The maximum absolute atomic E-state index is 2.43. The van der Waals surface area contributed by atoms with E-state index < -0.39 is 0 Å². The first-order valence-electron chi connectivity index (χ1n) is 25.2. The maximum atomic E-state index is 2.43. The van der Waals surface area contributed by atoms with E-state index in [4.69, 9.17) is 0 Å². The topological polar surface area (TPSA) is 11.4 Å². The van der Waals surface area contributed by atoms with Gasteiger partial charge in [-0.2, -0.15) is 0 Å². The van der Waals surface area contributed by atoms with E-state index >= 15 is 0 Å². The largest absolute Gasteiger partial charge is 0.310 e. The van der Waals surface area contributed by atoms with E-state index in [0.29, 0.717) is 0 Å². The lowest BCUT2D eigenvalue weighted by Crippen LogP contribution is -2.16. The first-order valence-corrected chi connectivity index (χ1v) is 25.2. The predicted molar refractivity (Wildman–Crippen MR) is 307 cm³/mol. The van der Waals surface area contributed by atoms with Crippen LogP contribution in [0.25, 0.3) is 71.3 Å². The van der Waals surface area contributed by atoms with E-state index in [-0.39, 0.29) is 10.8 Å². The van der Waals surface area contributed by atoms with Gasteiger partial charge in [-0.05, 0) is 169 Å². The van der Waals surface area contributed by atoms with Crippen molar-refractivity contribution in [2.24, 2.45) is 0 Å². The fraction of sp³-hybridized carbons (Fsp3) is 0.101. The average molecular weight is 926 g/mol. The third-order valence-corrected chi connectivity index (χ3v) is 15.3. The van der Waals surface area contributed by atoms with Crippen LogP contribution in [-0.4, -0.2) is 4.57 Å². The average Bonchev–Trinajstić information content (AvgIpc) is 3.87. The van der Waals surface area contributed by atoms with Gasteiger partial charge in [0.25, 0.3) is 0 Å². The second-order valence-electron chi connectivity index (χ2n) is 21.0. The minimum atomic E-state index is -0.141. The molecule has 13 rings (SSSR count). The van der Waals surface area contributed by atoms with Crippen LogP contribution in [0.1, 0.15) is 51.3 Å². The fourth-order valence-electron chi connectivity index (χ4n) is 11.5. The molecule has 0 atom stereocenters. The van der Waals surface area contributed by atoms with Crippen molar-refractivity contribution < 1.29 is 0 Å². The Morgan fingerprint density at radius 3 is 1.58 bits per heavy atom. The zero-order chi connectivity index (χ0) is 48.7. The maximum Gasteiger partial charge on any atom is 0.0547 e. The van der Waals surface area contributed by atoms with Gasteiger partial charge in [0.05, 0.1) is 11.0 Å². The zero-order valence-electron chi connectivity index (χ0n) is 41.4. The monoisotopic (exact) mass is 925 g/mol. The lowest BCUT2D eigenvalue weighted by molar-refractivity contribution is 0.590. The van der Waals surface area contributed by atoms with Crippen molar-refractivity contribution in [1.29, 1.82) is 0 Å². The Morgan fingerprint density at radius 2 is 0.875 bits per heavy atom. The third kappa shape index (κ3) is 7.18. The SMILES string of the molecule is CC(C)(C)c1ccc(N(c2ccc(N(c3ccc(-c4ccc5c(c4)c4c6ccccc6ccc4n5-c4ccccc4)cc3)c3ccc4c(c3)C(C)(C)c3ccccc3-4)cc2)c2ccc3ccccc3c2)cc1. The standard InChI is InChI=1S/C69H55N3/c1-68(2,3)51-28-33-54(34-29-51)70(57-32-25-46-15-9-10-17-49(46)43-57)55-35-37-56(38-36-55)71(58-39-40-61-60-21-13-14-22-63(60)69(4,5)64(61)45-58)53-30-23-47(24-31-53)50-27-41-65-62(44-50)67-59-20-12-11-16-48(59)26-42-66(67)72(65)52-18-7-6-8-19-52/h6-45H,1-5H3. The number of aromatic nitrogens is 1. The highest BCUT2D eigenvalue weighted by Gasteiger charge is 2.36. The van der Waals surface area contributed by atoms with Crippen LogP contribution in [0.3, 0.4) is 0 Å². The summed E-state index contributed by atoms with van der Waals surface area (Å²) < 4.78 is 2.41. The molecule has 0 fully saturated rings. The molecule has 346 valence electrons. The van der Waals surface area contributed by atoms with Crippen LogP contribution < -0.4 is 9.80 Å². The van der Waals surface area contributed by atoms with Gasteiger partial charge in [0.2, 0.25) is 0 Å². The number of anilines is 6. The lowest BCUT2D eigenvalue weighted by Gasteiger charge is -2.30. The van der Waals surface area contributed by atoms with Crippen LogP contribution in [-0.2, 0) is 10.8 Å². The van der Waals surface area contributed by atoms with Gasteiger partial charge in [-0.1, -0.05) is 174 Å². The molecule has 0 amide bonds. The van der Waals surface area contributed by atoms with Crippen LogP contribution in [0.4, 0.5) is 34.1 Å². The molecule has 0 N–H and O–H groups in total. The van der Waals surface area contributed by atoms with Gasteiger partial charge < -0.3 is 14.4 Å². The number of para-hydroxylation sites is 1. The first kappa shape index (κ1) is 43.4. The molecule has 0 radical (unpaired) electrons. The summed E-state index contributed by atoms with van der Waals surface area (Å²) in [5.41, 5.74) is 19.1. The first-order chi connectivity index (χ1) is 35.1. The zero-order valence-corrected chi connectivity index (χ0v) is 41.4. The second-order valence-corrected chi connectivity index (χ2v) is 21.0. The van der Waals surface area contributed by atoms with Crippen molar-refractivity contribution in [1.82, 2.24) is 4.57 Å². The van der Waals surface area contributed by atoms with Gasteiger partial charge in [0, 0.05) is 56.0 Å². The summed E-state index contributed by atoms with van der Waals surface area (Å²) in [6.45, 7) is 11.5. The molecular weight excluding hydrogens is 871 g/mol. The molecule has 0 unspecified atom stereocenters. The molecule has 1 aliphatic rings. The number of benzene rings is 11. The molecule has 1 aromatic heterocycles. The highest BCUT2D eigenvalue weighted by Crippen LogP contribution is 2.51. The highest BCUT2D eigenvalue weighted by molar-refractivity contribution is 6.22. The highest BCUT2D eigenvalue weighted by atomic mass is 15.2. The van der Waals surface area contributed by atoms with E-state index in [1.54, 1.807) is 0 Å². The number of hydrogen-bond donors (Lipinski definition) is 0. The number of fused-ring (bicyclic) bond motifs is 9.